The fraction of sp³-hybridized carbons (Fsp3) is 0. The van der Waals surface area contributed by atoms with Crippen LogP contribution in [0.4, 0.5) is 0 Å². The molecule has 1 aromatic rings. The van der Waals surface area contributed by atoms with Gasteiger partial charge in [-0.25, -0.2) is 0 Å². The van der Waals surface area contributed by atoms with E-state index in [1.165, 1.54) is 0 Å². The third-order valence-electron chi connectivity index (χ3n) is 1.38. The first-order chi connectivity index (χ1) is 5.86. The summed E-state index contributed by atoms with van der Waals surface area (Å²) in [5, 5.41) is 6.80. The zero-order valence-electron chi connectivity index (χ0n) is 6.51. The third kappa shape index (κ3) is 2.09. The summed E-state index contributed by atoms with van der Waals surface area (Å²) >= 11 is 0. The smallest absolute Gasteiger partial charge is 0.0538 e. The molecule has 12 heavy (non-hydrogen) atoms. The summed E-state index contributed by atoms with van der Waals surface area (Å²) in [6.45, 7) is 0. The van der Waals surface area contributed by atoms with E-state index in [4.69, 9.17) is 11.7 Å². The van der Waals surface area contributed by atoms with Gasteiger partial charge in [0.2, 0.25) is 0 Å². The van der Waals surface area contributed by atoms with E-state index < -0.39 is 0 Å². The van der Waals surface area contributed by atoms with Crippen molar-refractivity contribution in [2.75, 3.05) is 0 Å². The first kappa shape index (κ1) is 8.26. The molecule has 4 nitrogen and oxygen atoms in total. The Hall–Kier alpha value is -1.84. The summed E-state index contributed by atoms with van der Waals surface area (Å²) in [6.07, 6.45) is 3.15. The maximum Gasteiger partial charge on any atom is 0.0538 e. The van der Waals surface area contributed by atoms with E-state index in [0.717, 1.165) is 11.1 Å². The average Bonchev–Trinajstić information content (AvgIpc) is 2.09. The molecule has 0 aliphatic rings. The number of hydrogen-bond donors (Lipinski definition) is 2. The lowest BCUT2D eigenvalue weighted by Gasteiger charge is -1.92. The van der Waals surface area contributed by atoms with Crippen molar-refractivity contribution in [1.29, 1.82) is 0 Å². The number of nitrogens with zero attached hydrogens (tertiary/aromatic N) is 2. The molecule has 0 aliphatic carbocycles. The summed E-state index contributed by atoms with van der Waals surface area (Å²) < 4.78 is 0. The molecule has 0 aliphatic heterocycles. The molecule has 0 unspecified atom stereocenters. The van der Waals surface area contributed by atoms with Crippen molar-refractivity contribution < 1.29 is 0 Å². The lowest BCUT2D eigenvalue weighted by molar-refractivity contribution is 1.26. The Morgan fingerprint density at radius 3 is 1.42 bits per heavy atom. The summed E-state index contributed by atoms with van der Waals surface area (Å²) in [7, 11) is 0. The van der Waals surface area contributed by atoms with Gasteiger partial charge < -0.3 is 11.7 Å². The van der Waals surface area contributed by atoms with Gasteiger partial charge in [-0.05, 0) is 11.1 Å². The van der Waals surface area contributed by atoms with Gasteiger partial charge in [0.15, 0.2) is 0 Å². The number of rotatable bonds is 2. The summed E-state index contributed by atoms with van der Waals surface area (Å²) in [4.78, 5) is 0. The normalized spacial score (nSPS) is 11.3. The van der Waals surface area contributed by atoms with E-state index in [2.05, 4.69) is 10.2 Å². The van der Waals surface area contributed by atoms with Crippen LogP contribution in [0.2, 0.25) is 0 Å². The van der Waals surface area contributed by atoms with Crippen LogP contribution in [0.15, 0.2) is 34.5 Å². The maximum absolute atomic E-state index is 4.98. The van der Waals surface area contributed by atoms with Crippen LogP contribution in [0, 0.1) is 0 Å². The van der Waals surface area contributed by atoms with Crippen molar-refractivity contribution >= 4 is 12.4 Å². The van der Waals surface area contributed by atoms with Gasteiger partial charge in [-0.15, -0.1) is 0 Å². The van der Waals surface area contributed by atoms with Crippen LogP contribution in [0.5, 0.6) is 0 Å². The molecule has 0 spiro atoms. The van der Waals surface area contributed by atoms with Gasteiger partial charge >= 0.3 is 0 Å². The Morgan fingerprint density at radius 2 is 1.17 bits per heavy atom. The van der Waals surface area contributed by atoms with E-state index in [1.807, 2.05) is 24.3 Å². The molecule has 0 atom stereocenters. The number of hydrazone groups is 2. The van der Waals surface area contributed by atoms with Crippen LogP contribution in [0.1, 0.15) is 11.1 Å². The quantitative estimate of drug-likeness (QED) is 0.372. The molecule has 4 N–H and O–H groups in total. The molecule has 4 heteroatoms. The number of hydrogen-bond acceptors (Lipinski definition) is 4. The van der Waals surface area contributed by atoms with Crippen LogP contribution >= 0.6 is 0 Å². The zero-order chi connectivity index (χ0) is 8.81. The lowest BCUT2D eigenvalue weighted by atomic mass is 10.2. The summed E-state index contributed by atoms with van der Waals surface area (Å²) in [6, 6.07) is 7.53. The van der Waals surface area contributed by atoms with E-state index in [1.54, 1.807) is 12.4 Å². The van der Waals surface area contributed by atoms with Gasteiger partial charge in [-0.1, -0.05) is 24.3 Å². The first-order valence-electron chi connectivity index (χ1n) is 3.43. The molecule has 0 bridgehead atoms. The Morgan fingerprint density at radius 1 is 0.833 bits per heavy atom. The highest BCUT2D eigenvalue weighted by Crippen LogP contribution is 1.99. The van der Waals surface area contributed by atoms with Crippen molar-refractivity contribution in [1.82, 2.24) is 0 Å². The Labute approximate surface area is 70.6 Å². The van der Waals surface area contributed by atoms with Crippen LogP contribution in [0.25, 0.3) is 0 Å². The molecule has 0 amide bonds. The van der Waals surface area contributed by atoms with Gasteiger partial charge in [0.1, 0.15) is 0 Å². The minimum Gasteiger partial charge on any atom is -0.323 e. The maximum atomic E-state index is 4.98. The molecule has 62 valence electrons. The van der Waals surface area contributed by atoms with Gasteiger partial charge in [0, 0.05) is 0 Å². The second kappa shape index (κ2) is 4.12. The SMILES string of the molecule is N/N=C\c1ccc(/C=N\N)cc1. The first-order valence-corrected chi connectivity index (χ1v) is 3.43. The van der Waals surface area contributed by atoms with Gasteiger partial charge in [-0.3, -0.25) is 0 Å². The predicted octanol–water partition coefficient (Wildman–Crippen LogP) is 0.272. The fourth-order valence-corrected chi connectivity index (χ4v) is 0.840. The second-order valence-electron chi connectivity index (χ2n) is 2.22. The van der Waals surface area contributed by atoms with Crippen molar-refractivity contribution in [3.8, 4) is 0 Å². The van der Waals surface area contributed by atoms with Crippen LogP contribution in [-0.2, 0) is 0 Å². The highest BCUT2D eigenvalue weighted by Gasteiger charge is 1.87. The molecule has 1 aromatic carbocycles. The fourth-order valence-electron chi connectivity index (χ4n) is 0.840. The minimum absolute atomic E-state index is 0.951. The molecule has 1 rings (SSSR count). The topological polar surface area (TPSA) is 76.8 Å². The summed E-state index contributed by atoms with van der Waals surface area (Å²) in [5.41, 5.74) is 1.90. The van der Waals surface area contributed by atoms with Gasteiger partial charge in [0.05, 0.1) is 12.4 Å². The van der Waals surface area contributed by atoms with Crippen LogP contribution in [-0.4, -0.2) is 12.4 Å². The number of nitrogens with two attached hydrogens (primary N) is 2. The monoisotopic (exact) mass is 162 g/mol. The Balaban J connectivity index is 2.85. The van der Waals surface area contributed by atoms with E-state index >= 15 is 0 Å². The molecular weight excluding hydrogens is 152 g/mol. The molecule has 0 heterocycles. The molecule has 0 saturated carbocycles. The summed E-state index contributed by atoms with van der Waals surface area (Å²) in [5.74, 6) is 9.96. The average molecular weight is 162 g/mol. The second-order valence-corrected chi connectivity index (χ2v) is 2.22. The van der Waals surface area contributed by atoms with Crippen LogP contribution < -0.4 is 11.7 Å². The van der Waals surface area contributed by atoms with Crippen molar-refractivity contribution in [2.24, 2.45) is 21.9 Å². The highest BCUT2D eigenvalue weighted by molar-refractivity contribution is 5.83. The molecule has 0 saturated heterocycles. The van der Waals surface area contributed by atoms with Crippen LogP contribution in [0.3, 0.4) is 0 Å². The molecule has 0 aromatic heterocycles. The van der Waals surface area contributed by atoms with Crippen molar-refractivity contribution in [3.63, 3.8) is 0 Å². The third-order valence-corrected chi connectivity index (χ3v) is 1.38. The Bertz CT molecular complexity index is 255. The molecular formula is C8H10N4. The van der Waals surface area contributed by atoms with E-state index in [9.17, 15) is 0 Å². The van der Waals surface area contributed by atoms with Crippen molar-refractivity contribution in [2.45, 2.75) is 0 Å². The van der Waals surface area contributed by atoms with E-state index in [-0.39, 0.29) is 0 Å². The highest BCUT2D eigenvalue weighted by atomic mass is 15.1. The van der Waals surface area contributed by atoms with Gasteiger partial charge in [-0.2, -0.15) is 10.2 Å². The van der Waals surface area contributed by atoms with Crippen molar-refractivity contribution in [3.05, 3.63) is 35.4 Å². The molecule has 0 fully saturated rings. The van der Waals surface area contributed by atoms with E-state index in [0.29, 0.717) is 0 Å². The largest absolute Gasteiger partial charge is 0.323 e. The Kier molecular flexibility index (Phi) is 2.84. The van der Waals surface area contributed by atoms with Gasteiger partial charge in [0.25, 0.3) is 0 Å². The predicted molar refractivity (Wildman–Crippen MR) is 50.0 cm³/mol. The molecule has 0 radical (unpaired) electrons. The minimum atomic E-state index is 0.951. The lowest BCUT2D eigenvalue weighted by Crippen LogP contribution is -1.89. The standard InChI is InChI=1S/C8H10N4/c9-11-5-7-1-2-8(4-3-7)6-12-10/h1-6H,9-10H2/b11-5-,12-6-. The number of benzene rings is 1. The zero-order valence-corrected chi connectivity index (χ0v) is 6.51.